The standard InChI is InChI=1S/C24H22ClFN2O6/c1-33-24(32)19-12-20(30)22(34-14-15-5-3-2-4-6-15)21(27-19)23(31)28(9-10-29)13-16-7-8-18(26)17(25)11-16/h2-8,11-12,29H,9-10,13-14H2,1H3,(H,27,30). The molecule has 0 spiro atoms. The van der Waals surface area contributed by atoms with E-state index in [9.17, 15) is 24.2 Å². The highest BCUT2D eigenvalue weighted by Crippen LogP contribution is 2.32. The summed E-state index contributed by atoms with van der Waals surface area (Å²) in [4.78, 5) is 30.8. The SMILES string of the molecule is COC(=O)c1cc(O)c(OCc2ccccc2)c(C(=O)N(CCO)Cc2ccc(F)c(Cl)c2)n1. The predicted octanol–water partition coefficient (Wildman–Crippen LogP) is 3.58. The Morgan fingerprint density at radius 3 is 2.50 bits per heavy atom. The average Bonchev–Trinajstić information content (AvgIpc) is 2.84. The number of methoxy groups -OCH3 is 1. The number of carbonyl (C=O) groups is 2. The van der Waals surface area contributed by atoms with Gasteiger partial charge in [0.25, 0.3) is 5.91 Å². The van der Waals surface area contributed by atoms with Crippen LogP contribution in [0.1, 0.15) is 32.1 Å². The molecule has 34 heavy (non-hydrogen) atoms. The van der Waals surface area contributed by atoms with Crippen molar-refractivity contribution in [2.24, 2.45) is 0 Å². The second-order valence-electron chi connectivity index (χ2n) is 7.17. The number of ether oxygens (including phenoxy) is 2. The Balaban J connectivity index is 1.99. The lowest BCUT2D eigenvalue weighted by Gasteiger charge is -2.23. The molecule has 0 fully saturated rings. The van der Waals surface area contributed by atoms with Crippen LogP contribution >= 0.6 is 11.6 Å². The first-order valence-corrected chi connectivity index (χ1v) is 10.5. The van der Waals surface area contributed by atoms with Crippen molar-refractivity contribution in [3.8, 4) is 11.5 Å². The topological polar surface area (TPSA) is 109 Å². The van der Waals surface area contributed by atoms with Crippen LogP contribution in [0.2, 0.25) is 5.02 Å². The molecule has 0 aliphatic heterocycles. The summed E-state index contributed by atoms with van der Waals surface area (Å²) in [7, 11) is 1.14. The molecule has 1 heterocycles. The summed E-state index contributed by atoms with van der Waals surface area (Å²) >= 11 is 5.84. The third kappa shape index (κ3) is 6.00. The van der Waals surface area contributed by atoms with E-state index >= 15 is 0 Å². The van der Waals surface area contributed by atoms with Crippen LogP contribution in [0.25, 0.3) is 0 Å². The Hall–Kier alpha value is -3.69. The van der Waals surface area contributed by atoms with Gasteiger partial charge < -0.3 is 24.6 Å². The number of hydrogen-bond acceptors (Lipinski definition) is 7. The highest BCUT2D eigenvalue weighted by Gasteiger charge is 2.27. The maximum Gasteiger partial charge on any atom is 0.356 e. The van der Waals surface area contributed by atoms with Crippen molar-refractivity contribution in [1.82, 2.24) is 9.88 Å². The predicted molar refractivity (Wildman–Crippen MR) is 121 cm³/mol. The Bertz CT molecular complexity index is 1180. The minimum atomic E-state index is -0.863. The first-order valence-electron chi connectivity index (χ1n) is 10.2. The van der Waals surface area contributed by atoms with Crippen molar-refractivity contribution >= 4 is 23.5 Å². The molecule has 0 aliphatic rings. The number of benzene rings is 2. The Kier molecular flexibility index (Phi) is 8.39. The summed E-state index contributed by atoms with van der Waals surface area (Å²) in [6.07, 6.45) is 0. The molecule has 10 heteroatoms. The summed E-state index contributed by atoms with van der Waals surface area (Å²) in [5, 5.41) is 19.9. The molecule has 2 N–H and O–H groups in total. The van der Waals surface area contributed by atoms with Crippen LogP contribution in [0.15, 0.2) is 54.6 Å². The Morgan fingerprint density at radius 1 is 1.12 bits per heavy atom. The summed E-state index contributed by atoms with van der Waals surface area (Å²) in [6, 6.07) is 14.0. The van der Waals surface area contributed by atoms with Gasteiger partial charge in [0.05, 0.1) is 18.7 Å². The van der Waals surface area contributed by atoms with Crippen molar-refractivity contribution in [3.63, 3.8) is 0 Å². The fourth-order valence-electron chi connectivity index (χ4n) is 3.13. The van der Waals surface area contributed by atoms with Gasteiger partial charge in [-0.05, 0) is 23.3 Å². The number of carbonyl (C=O) groups excluding carboxylic acids is 2. The molecular formula is C24H22ClFN2O6. The number of amides is 1. The summed E-state index contributed by atoms with van der Waals surface area (Å²) in [6.45, 7) is -0.537. The number of aromatic hydroxyl groups is 1. The molecule has 0 saturated heterocycles. The van der Waals surface area contributed by atoms with Crippen LogP contribution in [-0.2, 0) is 17.9 Å². The van der Waals surface area contributed by atoms with Gasteiger partial charge in [-0.2, -0.15) is 0 Å². The van der Waals surface area contributed by atoms with E-state index in [0.717, 1.165) is 24.8 Å². The highest BCUT2D eigenvalue weighted by atomic mass is 35.5. The van der Waals surface area contributed by atoms with Gasteiger partial charge in [0.15, 0.2) is 22.9 Å². The first-order chi connectivity index (χ1) is 16.3. The van der Waals surface area contributed by atoms with Gasteiger partial charge in [0.1, 0.15) is 12.4 Å². The molecule has 0 saturated carbocycles. The Labute approximate surface area is 200 Å². The maximum atomic E-state index is 13.5. The van der Waals surface area contributed by atoms with Crippen LogP contribution in [0, 0.1) is 5.82 Å². The van der Waals surface area contributed by atoms with E-state index in [1.54, 1.807) is 24.3 Å². The van der Waals surface area contributed by atoms with E-state index in [1.165, 1.54) is 17.0 Å². The number of aromatic nitrogens is 1. The summed E-state index contributed by atoms with van der Waals surface area (Å²) in [5.41, 5.74) is 0.612. The number of rotatable bonds is 9. The van der Waals surface area contributed by atoms with E-state index in [2.05, 4.69) is 9.72 Å². The van der Waals surface area contributed by atoms with E-state index in [-0.39, 0.29) is 48.5 Å². The summed E-state index contributed by atoms with van der Waals surface area (Å²) < 4.78 is 23.9. The fourth-order valence-corrected chi connectivity index (χ4v) is 3.33. The number of aliphatic hydroxyl groups is 1. The third-order valence-electron chi connectivity index (χ3n) is 4.79. The van der Waals surface area contributed by atoms with Crippen LogP contribution < -0.4 is 4.74 Å². The van der Waals surface area contributed by atoms with Gasteiger partial charge in [0.2, 0.25) is 0 Å². The van der Waals surface area contributed by atoms with Crippen molar-refractivity contribution in [2.75, 3.05) is 20.3 Å². The van der Waals surface area contributed by atoms with E-state index < -0.39 is 23.4 Å². The smallest absolute Gasteiger partial charge is 0.356 e. The van der Waals surface area contributed by atoms with E-state index in [4.69, 9.17) is 16.3 Å². The molecule has 3 aromatic rings. The molecule has 0 unspecified atom stereocenters. The van der Waals surface area contributed by atoms with E-state index in [0.29, 0.717) is 5.56 Å². The molecule has 0 bridgehead atoms. The van der Waals surface area contributed by atoms with Gasteiger partial charge in [-0.25, -0.2) is 14.2 Å². The molecule has 1 amide bonds. The van der Waals surface area contributed by atoms with Crippen molar-refractivity contribution in [2.45, 2.75) is 13.2 Å². The molecule has 0 aliphatic carbocycles. The van der Waals surface area contributed by atoms with Crippen LogP contribution in [0.5, 0.6) is 11.5 Å². The second-order valence-corrected chi connectivity index (χ2v) is 7.58. The molecule has 178 valence electrons. The van der Waals surface area contributed by atoms with Gasteiger partial charge >= 0.3 is 5.97 Å². The largest absolute Gasteiger partial charge is 0.504 e. The highest BCUT2D eigenvalue weighted by molar-refractivity contribution is 6.30. The van der Waals surface area contributed by atoms with Gasteiger partial charge in [-0.1, -0.05) is 48.0 Å². The quantitative estimate of drug-likeness (QED) is 0.443. The molecule has 1 aromatic heterocycles. The molecule has 8 nitrogen and oxygen atoms in total. The summed E-state index contributed by atoms with van der Waals surface area (Å²) in [5.74, 6) is -2.93. The zero-order valence-electron chi connectivity index (χ0n) is 18.2. The number of hydrogen-bond donors (Lipinski definition) is 2. The molecular weight excluding hydrogens is 467 g/mol. The van der Waals surface area contributed by atoms with Crippen molar-refractivity contribution in [1.29, 1.82) is 0 Å². The van der Waals surface area contributed by atoms with E-state index in [1.807, 2.05) is 6.07 Å². The van der Waals surface area contributed by atoms with Gasteiger partial charge in [-0.3, -0.25) is 4.79 Å². The van der Waals surface area contributed by atoms with Crippen LogP contribution in [-0.4, -0.2) is 52.2 Å². The lowest BCUT2D eigenvalue weighted by Crippen LogP contribution is -2.34. The van der Waals surface area contributed by atoms with Crippen molar-refractivity contribution in [3.05, 3.63) is 88.0 Å². The fraction of sp³-hybridized carbons (Fsp3) is 0.208. The lowest BCUT2D eigenvalue weighted by molar-refractivity contribution is 0.0592. The third-order valence-corrected chi connectivity index (χ3v) is 5.08. The normalized spacial score (nSPS) is 10.6. The monoisotopic (exact) mass is 488 g/mol. The zero-order valence-corrected chi connectivity index (χ0v) is 19.0. The maximum absolute atomic E-state index is 13.5. The van der Waals surface area contributed by atoms with Crippen molar-refractivity contribution < 1.29 is 33.7 Å². The van der Waals surface area contributed by atoms with Gasteiger partial charge in [0, 0.05) is 19.2 Å². The minimum absolute atomic E-state index is 0.0154. The second kappa shape index (κ2) is 11.4. The average molecular weight is 489 g/mol. The van der Waals surface area contributed by atoms with Crippen LogP contribution in [0.3, 0.4) is 0 Å². The molecule has 2 aromatic carbocycles. The lowest BCUT2D eigenvalue weighted by atomic mass is 10.1. The number of pyridine rings is 1. The minimum Gasteiger partial charge on any atom is -0.504 e. The number of halogens is 2. The molecule has 0 radical (unpaired) electrons. The first kappa shape index (κ1) is 24.9. The number of esters is 1. The van der Waals surface area contributed by atoms with Crippen LogP contribution in [0.4, 0.5) is 4.39 Å². The zero-order chi connectivity index (χ0) is 24.7. The molecule has 0 atom stereocenters. The number of aliphatic hydroxyl groups excluding tert-OH is 1. The molecule has 3 rings (SSSR count). The number of nitrogens with zero attached hydrogens (tertiary/aromatic N) is 2. The Morgan fingerprint density at radius 2 is 1.85 bits per heavy atom. The van der Waals surface area contributed by atoms with Gasteiger partial charge in [-0.15, -0.1) is 0 Å².